The Morgan fingerprint density at radius 1 is 0.258 bits per heavy atom. The first kappa shape index (κ1) is 30.7. The lowest BCUT2D eigenvalue weighted by Gasteiger charge is -2.03. The van der Waals surface area contributed by atoms with Gasteiger partial charge in [0.25, 0.3) is 0 Å². The topological polar surface area (TPSA) is 0 Å². The summed E-state index contributed by atoms with van der Waals surface area (Å²) >= 11 is 0. The Hall–Kier alpha value is -0.260. The van der Waals surface area contributed by atoms with Crippen molar-refractivity contribution < 1.29 is 0 Å². The van der Waals surface area contributed by atoms with Crippen molar-refractivity contribution in [3.8, 4) is 0 Å². The van der Waals surface area contributed by atoms with Crippen molar-refractivity contribution in [2.75, 3.05) is 0 Å². The summed E-state index contributed by atoms with van der Waals surface area (Å²) in [6, 6.07) is 0. The summed E-state index contributed by atoms with van der Waals surface area (Å²) in [7, 11) is 0. The molecule has 31 heavy (non-hydrogen) atoms. The van der Waals surface area contributed by atoms with Gasteiger partial charge in [0.2, 0.25) is 0 Å². The molecule has 0 nitrogen and oxygen atoms in total. The van der Waals surface area contributed by atoms with Crippen LogP contribution in [-0.4, -0.2) is 0 Å². The molecule has 0 spiro atoms. The molecule has 0 aliphatic carbocycles. The van der Waals surface area contributed by atoms with Crippen LogP contribution in [0.1, 0.15) is 187 Å². The van der Waals surface area contributed by atoms with Crippen molar-refractivity contribution >= 4 is 0 Å². The predicted molar refractivity (Wildman–Crippen MR) is 145 cm³/mol. The molecule has 0 atom stereocenters. The second kappa shape index (κ2) is 29.7. The molecule has 0 radical (unpaired) electrons. The molecule has 0 N–H and O–H groups in total. The van der Waals surface area contributed by atoms with Gasteiger partial charge in [0.05, 0.1) is 0 Å². The fourth-order valence-electron chi connectivity index (χ4n) is 4.62. The predicted octanol–water partition coefficient (Wildman–Crippen LogP) is 12.1. The standard InChI is InChI=1S/C31H62/c1-3-5-7-9-11-13-15-17-19-21-23-25-27-29-31-30-28-26-24-22-20-18-16-14-12-10-8-6-4-2/h23,25H,3-22,24,26-31H2,1-2H3. The van der Waals surface area contributed by atoms with Gasteiger partial charge in [-0.2, -0.15) is 0 Å². The van der Waals surface area contributed by atoms with Crippen LogP contribution in [0.5, 0.6) is 0 Å². The average molecular weight is 435 g/mol. The summed E-state index contributed by atoms with van der Waals surface area (Å²) in [5.74, 6) is 0. The molecule has 0 aliphatic rings. The number of rotatable bonds is 27. The molecule has 0 rings (SSSR count). The second-order valence-corrected chi connectivity index (χ2v) is 10.2. The maximum atomic E-state index is 2.45. The van der Waals surface area contributed by atoms with Crippen molar-refractivity contribution in [1.82, 2.24) is 0 Å². The molecule has 186 valence electrons. The molecule has 0 heteroatoms. The number of hydrogen-bond donors (Lipinski definition) is 0. The summed E-state index contributed by atoms with van der Waals surface area (Å²) in [6.07, 6.45) is 43.9. The molecule has 0 bridgehead atoms. The zero-order valence-corrected chi connectivity index (χ0v) is 22.2. The Morgan fingerprint density at radius 3 is 0.677 bits per heavy atom. The van der Waals surface area contributed by atoms with Crippen molar-refractivity contribution in [3.05, 3.63) is 12.2 Å². The van der Waals surface area contributed by atoms with Gasteiger partial charge in [-0.05, 0) is 25.7 Å². The van der Waals surface area contributed by atoms with E-state index in [4.69, 9.17) is 0 Å². The van der Waals surface area contributed by atoms with Gasteiger partial charge >= 0.3 is 0 Å². The Labute approximate surface area is 199 Å². The van der Waals surface area contributed by atoms with Crippen LogP contribution in [0, 0.1) is 0 Å². The van der Waals surface area contributed by atoms with E-state index in [1.54, 1.807) is 0 Å². The van der Waals surface area contributed by atoms with Gasteiger partial charge < -0.3 is 0 Å². The summed E-state index contributed by atoms with van der Waals surface area (Å²) in [6.45, 7) is 4.60. The third-order valence-electron chi connectivity index (χ3n) is 6.87. The minimum atomic E-state index is 1.31. The van der Waals surface area contributed by atoms with Gasteiger partial charge in [0.15, 0.2) is 0 Å². The van der Waals surface area contributed by atoms with E-state index >= 15 is 0 Å². The molecule has 0 fully saturated rings. The fraction of sp³-hybridized carbons (Fsp3) is 0.935. The Balaban J connectivity index is 3.05. The third kappa shape index (κ3) is 29.7. The summed E-state index contributed by atoms with van der Waals surface area (Å²) in [4.78, 5) is 0. The number of hydrogen-bond acceptors (Lipinski definition) is 0. The maximum absolute atomic E-state index is 2.45. The minimum absolute atomic E-state index is 1.31. The number of allylic oxidation sites excluding steroid dienone is 2. The smallest absolute Gasteiger partial charge is 0.0351 e. The van der Waals surface area contributed by atoms with E-state index in [0.29, 0.717) is 0 Å². The molecule has 0 unspecified atom stereocenters. The van der Waals surface area contributed by atoms with Crippen LogP contribution in [0.25, 0.3) is 0 Å². The van der Waals surface area contributed by atoms with Gasteiger partial charge in [-0.3, -0.25) is 0 Å². The molecule has 0 aromatic carbocycles. The fourth-order valence-corrected chi connectivity index (χ4v) is 4.62. The Morgan fingerprint density at radius 2 is 0.452 bits per heavy atom. The quantitative estimate of drug-likeness (QED) is 0.0890. The van der Waals surface area contributed by atoms with Gasteiger partial charge in [0, 0.05) is 0 Å². The highest BCUT2D eigenvalue weighted by Gasteiger charge is 1.95. The summed E-state index contributed by atoms with van der Waals surface area (Å²) in [5.41, 5.74) is 0. The van der Waals surface area contributed by atoms with Crippen LogP contribution in [0.4, 0.5) is 0 Å². The molecule has 0 amide bonds. The van der Waals surface area contributed by atoms with Crippen molar-refractivity contribution in [1.29, 1.82) is 0 Å². The van der Waals surface area contributed by atoms with E-state index in [0.717, 1.165) is 0 Å². The van der Waals surface area contributed by atoms with Crippen LogP contribution in [-0.2, 0) is 0 Å². The van der Waals surface area contributed by atoms with Crippen molar-refractivity contribution in [3.63, 3.8) is 0 Å². The van der Waals surface area contributed by atoms with E-state index in [2.05, 4.69) is 26.0 Å². The Kier molecular flexibility index (Phi) is 29.5. The first-order chi connectivity index (χ1) is 15.4. The molecule has 0 saturated carbocycles. The largest absolute Gasteiger partial charge is 0.0885 e. The van der Waals surface area contributed by atoms with Gasteiger partial charge in [-0.15, -0.1) is 0 Å². The second-order valence-electron chi connectivity index (χ2n) is 10.2. The van der Waals surface area contributed by atoms with Gasteiger partial charge in [-0.25, -0.2) is 0 Å². The Bertz CT molecular complexity index is 316. The lowest BCUT2D eigenvalue weighted by atomic mass is 10.0. The summed E-state index contributed by atoms with van der Waals surface area (Å²) < 4.78 is 0. The number of unbranched alkanes of at least 4 members (excludes halogenated alkanes) is 25. The lowest BCUT2D eigenvalue weighted by molar-refractivity contribution is 0.530. The normalized spacial score (nSPS) is 11.7. The zero-order chi connectivity index (χ0) is 22.5. The van der Waals surface area contributed by atoms with E-state index < -0.39 is 0 Å². The van der Waals surface area contributed by atoms with Crippen LogP contribution in [0.2, 0.25) is 0 Å². The van der Waals surface area contributed by atoms with E-state index in [1.165, 1.54) is 173 Å². The highest BCUT2D eigenvalue weighted by atomic mass is 14.0. The van der Waals surface area contributed by atoms with Crippen molar-refractivity contribution in [2.24, 2.45) is 0 Å². The molecule has 0 saturated heterocycles. The van der Waals surface area contributed by atoms with Crippen LogP contribution >= 0.6 is 0 Å². The third-order valence-corrected chi connectivity index (χ3v) is 6.87. The first-order valence-corrected chi connectivity index (χ1v) is 15.1. The molecule has 0 aromatic rings. The molecule has 0 aromatic heterocycles. The molecular weight excluding hydrogens is 372 g/mol. The van der Waals surface area contributed by atoms with E-state index in [9.17, 15) is 0 Å². The molecule has 0 aliphatic heterocycles. The van der Waals surface area contributed by atoms with Crippen LogP contribution in [0.3, 0.4) is 0 Å². The van der Waals surface area contributed by atoms with Gasteiger partial charge in [-0.1, -0.05) is 174 Å². The maximum Gasteiger partial charge on any atom is -0.0351 e. The average Bonchev–Trinajstić information content (AvgIpc) is 2.78. The van der Waals surface area contributed by atoms with Crippen LogP contribution in [0.15, 0.2) is 12.2 Å². The first-order valence-electron chi connectivity index (χ1n) is 15.1. The zero-order valence-electron chi connectivity index (χ0n) is 22.2. The highest BCUT2D eigenvalue weighted by Crippen LogP contribution is 2.14. The monoisotopic (exact) mass is 434 g/mol. The van der Waals surface area contributed by atoms with Crippen LogP contribution < -0.4 is 0 Å². The lowest BCUT2D eigenvalue weighted by Crippen LogP contribution is -1.83. The SMILES string of the molecule is CCCCCCCCCCCC=CCCCCCCCCCCCCCCCCCC. The van der Waals surface area contributed by atoms with E-state index in [1.807, 2.05) is 0 Å². The molecule has 0 heterocycles. The molecular formula is C31H62. The van der Waals surface area contributed by atoms with Crippen molar-refractivity contribution in [2.45, 2.75) is 187 Å². The summed E-state index contributed by atoms with van der Waals surface area (Å²) in [5, 5.41) is 0. The highest BCUT2D eigenvalue weighted by molar-refractivity contribution is 4.81. The minimum Gasteiger partial charge on any atom is -0.0885 e. The van der Waals surface area contributed by atoms with Gasteiger partial charge in [0.1, 0.15) is 0 Å². The van der Waals surface area contributed by atoms with E-state index in [-0.39, 0.29) is 0 Å².